The molecule has 0 unspecified atom stereocenters. The standard InChI is InChI=1S/C8H10N6O/c9-2-1-3-14-4-11-5-6(14)12-8(10)13-7(5)15/h1-2,4H,3,9H2,(H3,10,12,13,15). The Kier molecular flexibility index (Phi) is 2.13. The molecule has 78 valence electrons. The molecule has 2 rings (SSSR count). The Morgan fingerprint density at radius 3 is 3.13 bits per heavy atom. The Hall–Kier alpha value is -2.31. The van der Waals surface area contributed by atoms with E-state index >= 15 is 0 Å². The maximum absolute atomic E-state index is 11.4. The van der Waals surface area contributed by atoms with Crippen molar-refractivity contribution in [3.05, 3.63) is 29.0 Å². The molecule has 0 aliphatic carbocycles. The maximum atomic E-state index is 11.4. The van der Waals surface area contributed by atoms with E-state index in [-0.39, 0.29) is 17.0 Å². The van der Waals surface area contributed by atoms with Crippen LogP contribution in [-0.2, 0) is 6.54 Å². The van der Waals surface area contributed by atoms with Crippen LogP contribution in [0.4, 0.5) is 5.95 Å². The highest BCUT2D eigenvalue weighted by molar-refractivity contribution is 5.70. The van der Waals surface area contributed by atoms with Crippen molar-refractivity contribution in [1.82, 2.24) is 19.5 Å². The molecule has 0 saturated heterocycles. The number of fused-ring (bicyclic) bond motifs is 1. The summed E-state index contributed by atoms with van der Waals surface area (Å²) in [5.74, 6) is 0.0750. The smallest absolute Gasteiger partial charge is 0.280 e. The second-order valence-electron chi connectivity index (χ2n) is 2.95. The van der Waals surface area contributed by atoms with Crippen molar-refractivity contribution in [2.75, 3.05) is 5.73 Å². The molecule has 0 aromatic carbocycles. The van der Waals surface area contributed by atoms with Gasteiger partial charge < -0.3 is 16.0 Å². The van der Waals surface area contributed by atoms with Gasteiger partial charge in [0.2, 0.25) is 5.95 Å². The largest absolute Gasteiger partial charge is 0.405 e. The Balaban J connectivity index is 2.63. The van der Waals surface area contributed by atoms with E-state index in [1.165, 1.54) is 12.5 Å². The van der Waals surface area contributed by atoms with Crippen molar-refractivity contribution < 1.29 is 0 Å². The van der Waals surface area contributed by atoms with Crippen LogP contribution >= 0.6 is 0 Å². The van der Waals surface area contributed by atoms with Crippen molar-refractivity contribution in [1.29, 1.82) is 0 Å². The average Bonchev–Trinajstić information content (AvgIpc) is 2.58. The minimum Gasteiger partial charge on any atom is -0.405 e. The summed E-state index contributed by atoms with van der Waals surface area (Å²) in [4.78, 5) is 21.7. The normalized spacial score (nSPS) is 11.5. The number of nitrogens with zero attached hydrogens (tertiary/aromatic N) is 3. The molecule has 0 spiro atoms. The fourth-order valence-electron chi connectivity index (χ4n) is 1.28. The summed E-state index contributed by atoms with van der Waals surface area (Å²) in [5, 5.41) is 0. The summed E-state index contributed by atoms with van der Waals surface area (Å²) < 4.78 is 1.68. The highest BCUT2D eigenvalue weighted by Gasteiger charge is 2.07. The molecular weight excluding hydrogens is 196 g/mol. The maximum Gasteiger partial charge on any atom is 0.280 e. The van der Waals surface area contributed by atoms with Crippen LogP contribution in [0.1, 0.15) is 0 Å². The number of H-pyrrole nitrogens is 1. The number of hydrogen-bond acceptors (Lipinski definition) is 5. The summed E-state index contributed by atoms with van der Waals surface area (Å²) in [6.07, 6.45) is 4.66. The van der Waals surface area contributed by atoms with Crippen molar-refractivity contribution >= 4 is 17.1 Å². The van der Waals surface area contributed by atoms with Gasteiger partial charge in [-0.3, -0.25) is 9.78 Å². The molecule has 15 heavy (non-hydrogen) atoms. The number of allylic oxidation sites excluding steroid dienone is 1. The summed E-state index contributed by atoms with van der Waals surface area (Å²) in [6.45, 7) is 0.503. The minimum atomic E-state index is -0.340. The van der Waals surface area contributed by atoms with Crippen LogP contribution in [0.2, 0.25) is 0 Å². The Bertz CT molecular complexity index is 566. The molecule has 7 nitrogen and oxygen atoms in total. The number of imidazole rings is 1. The lowest BCUT2D eigenvalue weighted by Crippen LogP contribution is -2.12. The average molecular weight is 206 g/mol. The zero-order chi connectivity index (χ0) is 10.8. The monoisotopic (exact) mass is 206 g/mol. The van der Waals surface area contributed by atoms with Crippen molar-refractivity contribution in [2.45, 2.75) is 6.54 Å². The van der Waals surface area contributed by atoms with Crippen LogP contribution in [0.3, 0.4) is 0 Å². The van der Waals surface area contributed by atoms with E-state index in [2.05, 4.69) is 15.0 Å². The van der Waals surface area contributed by atoms with Crippen LogP contribution in [0.15, 0.2) is 23.4 Å². The zero-order valence-electron chi connectivity index (χ0n) is 7.84. The van der Waals surface area contributed by atoms with Crippen molar-refractivity contribution in [3.63, 3.8) is 0 Å². The first-order chi connectivity index (χ1) is 7.22. The van der Waals surface area contributed by atoms with E-state index < -0.39 is 0 Å². The van der Waals surface area contributed by atoms with Crippen LogP contribution < -0.4 is 17.0 Å². The Morgan fingerprint density at radius 1 is 1.60 bits per heavy atom. The van der Waals surface area contributed by atoms with Gasteiger partial charge in [-0.1, -0.05) is 0 Å². The van der Waals surface area contributed by atoms with Gasteiger partial charge in [-0.15, -0.1) is 0 Å². The number of hydrogen-bond donors (Lipinski definition) is 3. The van der Waals surface area contributed by atoms with E-state index in [0.29, 0.717) is 12.2 Å². The van der Waals surface area contributed by atoms with Gasteiger partial charge in [-0.25, -0.2) is 4.98 Å². The predicted octanol–water partition coefficient (Wildman–Crippen LogP) is -0.826. The van der Waals surface area contributed by atoms with E-state index in [1.54, 1.807) is 10.6 Å². The first-order valence-corrected chi connectivity index (χ1v) is 4.29. The van der Waals surface area contributed by atoms with Crippen LogP contribution in [0.25, 0.3) is 11.2 Å². The van der Waals surface area contributed by atoms with Crippen LogP contribution in [0.5, 0.6) is 0 Å². The zero-order valence-corrected chi connectivity index (χ0v) is 7.84. The molecule has 0 radical (unpaired) electrons. The Morgan fingerprint density at radius 2 is 2.40 bits per heavy atom. The van der Waals surface area contributed by atoms with E-state index in [1.807, 2.05) is 0 Å². The molecule has 0 saturated carbocycles. The van der Waals surface area contributed by atoms with Gasteiger partial charge >= 0.3 is 0 Å². The van der Waals surface area contributed by atoms with Crippen molar-refractivity contribution in [2.24, 2.45) is 5.73 Å². The summed E-state index contributed by atoms with van der Waals surface area (Å²) in [5.41, 5.74) is 11.0. The number of aromatic nitrogens is 4. The number of nitrogens with one attached hydrogen (secondary N) is 1. The topological polar surface area (TPSA) is 116 Å². The molecule has 0 bridgehead atoms. The van der Waals surface area contributed by atoms with Gasteiger partial charge in [0.15, 0.2) is 11.2 Å². The lowest BCUT2D eigenvalue weighted by Gasteiger charge is -1.98. The third-order valence-corrected chi connectivity index (χ3v) is 1.93. The van der Waals surface area contributed by atoms with E-state index in [0.717, 1.165) is 0 Å². The third-order valence-electron chi connectivity index (χ3n) is 1.93. The molecule has 0 atom stereocenters. The first-order valence-electron chi connectivity index (χ1n) is 4.29. The number of anilines is 1. The molecule has 2 aromatic heterocycles. The fraction of sp³-hybridized carbons (Fsp3) is 0.125. The van der Waals surface area contributed by atoms with Gasteiger partial charge in [0.05, 0.1) is 6.33 Å². The lowest BCUT2D eigenvalue weighted by molar-refractivity contribution is 0.835. The second kappa shape index (κ2) is 3.45. The highest BCUT2D eigenvalue weighted by Crippen LogP contribution is 2.05. The second-order valence-corrected chi connectivity index (χ2v) is 2.95. The number of aromatic amines is 1. The molecular formula is C8H10N6O. The van der Waals surface area contributed by atoms with E-state index in [4.69, 9.17) is 11.5 Å². The molecule has 2 aromatic rings. The van der Waals surface area contributed by atoms with E-state index in [9.17, 15) is 4.79 Å². The molecule has 0 aliphatic heterocycles. The summed E-state index contributed by atoms with van der Waals surface area (Å²) in [6, 6.07) is 0. The first kappa shape index (κ1) is 9.25. The highest BCUT2D eigenvalue weighted by atomic mass is 16.1. The van der Waals surface area contributed by atoms with Gasteiger partial charge in [-0.2, -0.15) is 4.98 Å². The van der Waals surface area contributed by atoms with Gasteiger partial charge in [0.1, 0.15) is 0 Å². The lowest BCUT2D eigenvalue weighted by atomic mass is 10.5. The van der Waals surface area contributed by atoms with Crippen LogP contribution in [0, 0.1) is 0 Å². The van der Waals surface area contributed by atoms with Gasteiger partial charge in [0.25, 0.3) is 5.56 Å². The number of rotatable bonds is 2. The molecule has 7 heteroatoms. The van der Waals surface area contributed by atoms with Crippen molar-refractivity contribution in [3.8, 4) is 0 Å². The number of nitrogens with two attached hydrogens (primary N) is 2. The third kappa shape index (κ3) is 1.54. The predicted molar refractivity (Wildman–Crippen MR) is 55.9 cm³/mol. The number of nitrogen functional groups attached to an aromatic ring is 1. The minimum absolute atomic E-state index is 0.0750. The van der Waals surface area contributed by atoms with Gasteiger partial charge in [0, 0.05) is 6.54 Å². The molecule has 0 amide bonds. The van der Waals surface area contributed by atoms with Gasteiger partial charge in [-0.05, 0) is 12.3 Å². The fourth-order valence-corrected chi connectivity index (χ4v) is 1.28. The molecule has 0 fully saturated rings. The molecule has 2 heterocycles. The summed E-state index contributed by atoms with van der Waals surface area (Å²) in [7, 11) is 0. The quantitative estimate of drug-likeness (QED) is 0.593. The molecule has 0 aliphatic rings. The Labute approximate surface area is 84.4 Å². The molecule has 5 N–H and O–H groups in total. The SMILES string of the molecule is NC=CCn1cnc2c(=O)[nH]c(N)nc21. The summed E-state index contributed by atoms with van der Waals surface area (Å²) >= 11 is 0. The van der Waals surface area contributed by atoms with Crippen LogP contribution in [-0.4, -0.2) is 19.5 Å².